The Kier molecular flexibility index (Phi) is 11.6. The van der Waals surface area contributed by atoms with Crippen molar-refractivity contribution in [3.8, 4) is 0 Å². The second-order valence-corrected chi connectivity index (χ2v) is 18.3. The Labute approximate surface area is 225 Å². The van der Waals surface area contributed by atoms with Crippen molar-refractivity contribution in [1.82, 2.24) is 9.55 Å². The van der Waals surface area contributed by atoms with Crippen molar-refractivity contribution < 1.29 is 55.9 Å². The number of hydrogen-bond acceptors (Lipinski definition) is 12. The molecule has 2 heterocycles. The van der Waals surface area contributed by atoms with Crippen LogP contribution in [-0.2, 0) is 36.3 Å². The van der Waals surface area contributed by atoms with Gasteiger partial charge in [-0.1, -0.05) is 44.2 Å². The van der Waals surface area contributed by atoms with E-state index in [2.05, 4.69) is 40.7 Å². The first-order chi connectivity index (χ1) is 16.3. The van der Waals surface area contributed by atoms with Gasteiger partial charge >= 0.3 is 29.2 Å². The van der Waals surface area contributed by atoms with E-state index in [0.717, 1.165) is 4.57 Å². The molecule has 208 valence electrons. The minimum atomic E-state index is -5.69. The van der Waals surface area contributed by atoms with Gasteiger partial charge in [0.05, 0.1) is 15.5 Å². The molecule has 0 spiro atoms. The molecule has 0 amide bonds. The smallest absolute Gasteiger partial charge is 0.364 e. The summed E-state index contributed by atoms with van der Waals surface area (Å²) in [4.78, 5) is 62.3. The number of aromatic amines is 1. The lowest BCUT2D eigenvalue weighted by Gasteiger charge is -2.21. The van der Waals surface area contributed by atoms with Gasteiger partial charge in [0.2, 0.25) is 0 Å². The second kappa shape index (κ2) is 12.7. The number of hydrogen-bond donors (Lipinski definition) is 5. The molecule has 0 bridgehead atoms. The standard InChI is InChI=1S/C14H24IN2O14P3S2/c1-8-5-17(13(19)16-12(8)18)11-4-9(27-7-35-36-14(2,3)15)10(29-11)6-28-33(23,24)31-34(25,26)30-32(20,21)22/h5,9-11H,4,6-7H2,1-3H3,(H,23,24)(H,25,26)(H,16,18,19)(H2,20,21,22)/t9?,10-,11-/m1/s1. The van der Waals surface area contributed by atoms with E-state index in [1.165, 1.54) is 34.7 Å². The molecule has 2 rings (SSSR count). The zero-order valence-electron chi connectivity index (χ0n) is 18.8. The molecule has 0 aliphatic carbocycles. The topological polar surface area (TPSA) is 233 Å². The number of ether oxygens (including phenoxy) is 2. The van der Waals surface area contributed by atoms with Crippen LogP contribution in [0, 0.1) is 6.92 Å². The molecule has 1 aromatic rings. The van der Waals surface area contributed by atoms with Gasteiger partial charge in [0, 0.05) is 18.2 Å². The van der Waals surface area contributed by atoms with Gasteiger partial charge in [-0.3, -0.25) is 18.9 Å². The highest BCUT2D eigenvalue weighted by Crippen LogP contribution is 2.66. The van der Waals surface area contributed by atoms with Crippen molar-refractivity contribution in [2.45, 2.75) is 48.4 Å². The Morgan fingerprint density at radius 2 is 1.83 bits per heavy atom. The third kappa shape index (κ3) is 11.3. The molecule has 3 unspecified atom stereocenters. The summed E-state index contributed by atoms with van der Waals surface area (Å²) in [7, 11) is -13.7. The highest BCUT2D eigenvalue weighted by Gasteiger charge is 2.43. The first-order valence-corrected chi connectivity index (χ1v) is 17.6. The maximum Gasteiger partial charge on any atom is 0.490 e. The molecule has 0 aromatic carbocycles. The summed E-state index contributed by atoms with van der Waals surface area (Å²) in [5.74, 6) is 0.156. The van der Waals surface area contributed by atoms with Crippen LogP contribution >= 0.6 is 67.6 Å². The van der Waals surface area contributed by atoms with Crippen molar-refractivity contribution >= 4 is 67.6 Å². The fourth-order valence-corrected chi connectivity index (χ4v) is 8.63. The van der Waals surface area contributed by atoms with Crippen LogP contribution in [-0.4, -0.2) is 56.6 Å². The maximum atomic E-state index is 12.3. The summed E-state index contributed by atoms with van der Waals surface area (Å²) in [6.07, 6.45) is -1.53. The van der Waals surface area contributed by atoms with Gasteiger partial charge in [-0.25, -0.2) is 18.5 Å². The first-order valence-electron chi connectivity index (χ1n) is 9.64. The number of halogens is 1. The molecule has 16 nitrogen and oxygen atoms in total. The summed E-state index contributed by atoms with van der Waals surface area (Å²) in [6, 6.07) is 0. The molecule has 36 heavy (non-hydrogen) atoms. The Morgan fingerprint density at radius 1 is 1.19 bits per heavy atom. The number of rotatable bonds is 13. The van der Waals surface area contributed by atoms with Gasteiger partial charge < -0.3 is 29.0 Å². The van der Waals surface area contributed by atoms with E-state index in [4.69, 9.17) is 19.3 Å². The summed E-state index contributed by atoms with van der Waals surface area (Å²) in [5, 5.41) is 0. The van der Waals surface area contributed by atoms with E-state index in [1.54, 1.807) is 0 Å². The van der Waals surface area contributed by atoms with Crippen LogP contribution in [0.25, 0.3) is 0 Å². The van der Waals surface area contributed by atoms with E-state index in [9.17, 15) is 33.1 Å². The Bertz CT molecular complexity index is 1180. The van der Waals surface area contributed by atoms with E-state index in [-0.39, 0.29) is 20.7 Å². The largest absolute Gasteiger partial charge is 0.490 e. The maximum absolute atomic E-state index is 12.3. The van der Waals surface area contributed by atoms with Gasteiger partial charge in [0.25, 0.3) is 5.56 Å². The molecule has 1 fully saturated rings. The number of nitrogens with one attached hydrogen (secondary N) is 1. The third-order valence-electron chi connectivity index (χ3n) is 4.04. The van der Waals surface area contributed by atoms with Crippen LogP contribution in [0.1, 0.15) is 32.1 Å². The molecule has 5 atom stereocenters. The lowest BCUT2D eigenvalue weighted by Crippen LogP contribution is -2.33. The van der Waals surface area contributed by atoms with Crippen molar-refractivity contribution in [3.63, 3.8) is 0 Å². The van der Waals surface area contributed by atoms with Crippen molar-refractivity contribution in [3.05, 3.63) is 32.6 Å². The highest BCUT2D eigenvalue weighted by atomic mass is 127. The van der Waals surface area contributed by atoms with Gasteiger partial charge in [-0.15, -0.1) is 0 Å². The lowest BCUT2D eigenvalue weighted by atomic mass is 10.2. The fraction of sp³-hybridized carbons (Fsp3) is 0.714. The summed E-state index contributed by atoms with van der Waals surface area (Å²) in [5.41, 5.74) is -1.12. The minimum absolute atomic E-state index is 0.0642. The van der Waals surface area contributed by atoms with Crippen molar-refractivity contribution in [1.29, 1.82) is 0 Å². The van der Waals surface area contributed by atoms with E-state index in [0.29, 0.717) is 0 Å². The van der Waals surface area contributed by atoms with E-state index in [1.807, 2.05) is 13.8 Å². The third-order valence-corrected chi connectivity index (χ3v) is 12.0. The second-order valence-electron chi connectivity index (χ2n) is 7.62. The first kappa shape index (κ1) is 32.7. The summed E-state index contributed by atoms with van der Waals surface area (Å²) in [6.45, 7) is 4.69. The van der Waals surface area contributed by atoms with E-state index < -0.39 is 59.8 Å². The molecule has 22 heteroatoms. The van der Waals surface area contributed by atoms with Crippen LogP contribution in [0.3, 0.4) is 0 Å². The highest BCUT2D eigenvalue weighted by molar-refractivity contribution is 14.1. The summed E-state index contributed by atoms with van der Waals surface area (Å²) < 4.78 is 58.9. The van der Waals surface area contributed by atoms with Crippen molar-refractivity contribution in [2.24, 2.45) is 0 Å². The number of alkyl halides is 1. The molecule has 5 N–H and O–H groups in total. The molecule has 1 aliphatic rings. The van der Waals surface area contributed by atoms with Crippen LogP contribution in [0.5, 0.6) is 0 Å². The number of aromatic nitrogens is 2. The number of H-pyrrole nitrogens is 1. The Morgan fingerprint density at radius 3 is 2.42 bits per heavy atom. The quantitative estimate of drug-likeness (QED) is 0.0490. The van der Waals surface area contributed by atoms with Gasteiger partial charge in [0.15, 0.2) is 0 Å². The molecular formula is C14H24IN2O14P3S2. The lowest BCUT2D eigenvalue weighted by molar-refractivity contribution is -0.0543. The van der Waals surface area contributed by atoms with Gasteiger partial charge in [-0.2, -0.15) is 8.62 Å². The Balaban J connectivity index is 2.14. The average molecular weight is 728 g/mol. The monoisotopic (exact) mass is 728 g/mol. The van der Waals surface area contributed by atoms with Crippen LogP contribution in [0.15, 0.2) is 15.8 Å². The van der Waals surface area contributed by atoms with Crippen LogP contribution < -0.4 is 11.2 Å². The zero-order valence-corrected chi connectivity index (χ0v) is 25.3. The van der Waals surface area contributed by atoms with E-state index >= 15 is 0 Å². The SMILES string of the molecule is Cc1cn([C@H]2CC(OCSSC(C)(C)I)[C@@H](COP(=O)(O)OP(=O)(O)OP(=O)(O)O)O2)c(=O)[nH]c1=O. The normalized spacial score (nSPS) is 24.4. The predicted octanol–water partition coefficient (Wildman–Crippen LogP) is 2.37. The van der Waals surface area contributed by atoms with Gasteiger partial charge in [0.1, 0.15) is 18.3 Å². The number of phosphoric acid groups is 3. The molecule has 1 aliphatic heterocycles. The minimum Gasteiger partial charge on any atom is -0.364 e. The molecule has 1 saturated heterocycles. The Hall–Kier alpha value is 0.440. The van der Waals surface area contributed by atoms with Crippen LogP contribution in [0.2, 0.25) is 0 Å². The molecule has 1 aromatic heterocycles. The number of nitrogens with zero attached hydrogens (tertiary/aromatic N) is 1. The van der Waals surface area contributed by atoms with Gasteiger partial charge in [-0.05, 0) is 20.8 Å². The fourth-order valence-electron chi connectivity index (χ4n) is 2.75. The zero-order chi connectivity index (χ0) is 27.5. The van der Waals surface area contributed by atoms with Crippen LogP contribution in [0.4, 0.5) is 0 Å². The predicted molar refractivity (Wildman–Crippen MR) is 137 cm³/mol. The summed E-state index contributed by atoms with van der Waals surface area (Å²) >= 11 is 2.23. The molecule has 0 radical (unpaired) electrons. The van der Waals surface area contributed by atoms with Crippen molar-refractivity contribution in [2.75, 3.05) is 12.5 Å². The molecular weight excluding hydrogens is 704 g/mol. The molecule has 0 saturated carbocycles. The average Bonchev–Trinajstić information content (AvgIpc) is 3.06. The number of aryl methyl sites for hydroxylation is 1. The number of phosphoric ester groups is 1.